The third-order valence-corrected chi connectivity index (χ3v) is 5.15. The largest absolute Gasteiger partial charge is 0.381 e. The Morgan fingerprint density at radius 2 is 1.92 bits per heavy atom. The van der Waals surface area contributed by atoms with E-state index in [0.29, 0.717) is 18.9 Å². The molecule has 1 aromatic carbocycles. The van der Waals surface area contributed by atoms with Gasteiger partial charge in [-0.3, -0.25) is 4.79 Å². The van der Waals surface area contributed by atoms with Crippen LogP contribution in [0.15, 0.2) is 41.3 Å². The van der Waals surface area contributed by atoms with Crippen molar-refractivity contribution in [1.29, 1.82) is 0 Å². The summed E-state index contributed by atoms with van der Waals surface area (Å²) in [6, 6.07) is 12.2. The molecule has 138 valence electrons. The summed E-state index contributed by atoms with van der Waals surface area (Å²) in [6.45, 7) is 2.12. The van der Waals surface area contributed by atoms with Crippen molar-refractivity contribution < 1.29 is 9.53 Å². The molecule has 26 heavy (non-hydrogen) atoms. The number of benzene rings is 1. The Bertz CT molecular complexity index is 715. The SMILES string of the molecule is CSc1ccc(CN(C)c2ccc(C(=O)NC3CCOCC3)nn2)cc1. The topological polar surface area (TPSA) is 67.4 Å². The van der Waals surface area contributed by atoms with E-state index < -0.39 is 0 Å². The van der Waals surface area contributed by atoms with Gasteiger partial charge in [0.2, 0.25) is 0 Å². The number of aromatic nitrogens is 2. The molecule has 0 aliphatic carbocycles. The zero-order valence-corrected chi connectivity index (χ0v) is 16.0. The van der Waals surface area contributed by atoms with Gasteiger partial charge in [-0.1, -0.05) is 12.1 Å². The minimum Gasteiger partial charge on any atom is -0.381 e. The van der Waals surface area contributed by atoms with E-state index in [1.165, 1.54) is 10.5 Å². The fraction of sp³-hybridized carbons (Fsp3) is 0.421. The van der Waals surface area contributed by atoms with E-state index in [2.05, 4.69) is 46.0 Å². The highest BCUT2D eigenvalue weighted by molar-refractivity contribution is 7.98. The highest BCUT2D eigenvalue weighted by Crippen LogP contribution is 2.17. The predicted octanol–water partition coefficient (Wildman–Crippen LogP) is 2.74. The van der Waals surface area contributed by atoms with Gasteiger partial charge in [-0.2, -0.15) is 0 Å². The fourth-order valence-electron chi connectivity index (χ4n) is 2.84. The molecule has 0 bridgehead atoms. The second kappa shape index (κ2) is 9.00. The fourth-order valence-corrected chi connectivity index (χ4v) is 3.25. The zero-order chi connectivity index (χ0) is 18.4. The third kappa shape index (κ3) is 4.95. The molecule has 1 aromatic heterocycles. The van der Waals surface area contributed by atoms with Crippen molar-refractivity contribution in [3.8, 4) is 0 Å². The van der Waals surface area contributed by atoms with Gasteiger partial charge in [-0.25, -0.2) is 0 Å². The van der Waals surface area contributed by atoms with Crippen LogP contribution < -0.4 is 10.2 Å². The van der Waals surface area contributed by atoms with Crippen LogP contribution in [0.25, 0.3) is 0 Å². The molecular formula is C19H24N4O2S. The van der Waals surface area contributed by atoms with Gasteiger partial charge in [0, 0.05) is 37.7 Å². The average Bonchev–Trinajstić information content (AvgIpc) is 2.69. The molecule has 1 aliphatic rings. The molecule has 3 rings (SSSR count). The van der Waals surface area contributed by atoms with Gasteiger partial charge in [0.15, 0.2) is 11.5 Å². The highest BCUT2D eigenvalue weighted by atomic mass is 32.2. The molecule has 0 atom stereocenters. The second-order valence-corrected chi connectivity index (χ2v) is 7.22. The van der Waals surface area contributed by atoms with Crippen molar-refractivity contribution in [2.45, 2.75) is 30.3 Å². The van der Waals surface area contributed by atoms with Crippen molar-refractivity contribution in [1.82, 2.24) is 15.5 Å². The van der Waals surface area contributed by atoms with E-state index in [-0.39, 0.29) is 11.9 Å². The lowest BCUT2D eigenvalue weighted by Gasteiger charge is -2.23. The summed E-state index contributed by atoms with van der Waals surface area (Å²) in [5.74, 6) is 0.563. The van der Waals surface area contributed by atoms with E-state index in [1.54, 1.807) is 17.8 Å². The number of anilines is 1. The Labute approximate surface area is 158 Å². The summed E-state index contributed by atoms with van der Waals surface area (Å²) in [4.78, 5) is 15.5. The van der Waals surface area contributed by atoms with Crippen LogP contribution in [0.2, 0.25) is 0 Å². The van der Waals surface area contributed by atoms with Crippen molar-refractivity contribution in [3.05, 3.63) is 47.7 Å². The number of hydrogen-bond acceptors (Lipinski definition) is 6. The first-order valence-electron chi connectivity index (χ1n) is 8.72. The molecule has 1 N–H and O–H groups in total. The Morgan fingerprint density at radius 1 is 1.19 bits per heavy atom. The first-order chi connectivity index (χ1) is 12.7. The molecule has 1 amide bonds. The summed E-state index contributed by atoms with van der Waals surface area (Å²) in [5.41, 5.74) is 1.55. The summed E-state index contributed by atoms with van der Waals surface area (Å²) in [6.07, 6.45) is 3.75. The molecule has 0 spiro atoms. The Kier molecular flexibility index (Phi) is 6.46. The van der Waals surface area contributed by atoms with E-state index >= 15 is 0 Å². The van der Waals surface area contributed by atoms with Crippen LogP contribution in [0.1, 0.15) is 28.9 Å². The Hall–Kier alpha value is -2.12. The molecule has 1 aliphatic heterocycles. The van der Waals surface area contributed by atoms with Gasteiger partial charge in [-0.15, -0.1) is 22.0 Å². The number of nitrogens with one attached hydrogen (secondary N) is 1. The Morgan fingerprint density at radius 3 is 2.54 bits per heavy atom. The quantitative estimate of drug-likeness (QED) is 0.787. The lowest BCUT2D eigenvalue weighted by molar-refractivity contribution is 0.0693. The molecule has 0 saturated carbocycles. The van der Waals surface area contributed by atoms with Gasteiger partial charge in [0.1, 0.15) is 0 Å². The van der Waals surface area contributed by atoms with Crippen molar-refractivity contribution in [2.75, 3.05) is 31.4 Å². The number of thioether (sulfide) groups is 1. The Balaban J connectivity index is 1.57. The molecule has 2 heterocycles. The van der Waals surface area contributed by atoms with Gasteiger partial charge < -0.3 is 15.0 Å². The number of ether oxygens (including phenoxy) is 1. The predicted molar refractivity (Wildman–Crippen MR) is 104 cm³/mol. The van der Waals surface area contributed by atoms with Crippen LogP contribution in [-0.4, -0.2) is 48.7 Å². The van der Waals surface area contributed by atoms with Gasteiger partial charge in [0.05, 0.1) is 0 Å². The molecule has 0 unspecified atom stereocenters. The summed E-state index contributed by atoms with van der Waals surface area (Å²) < 4.78 is 5.30. The first-order valence-corrected chi connectivity index (χ1v) is 9.94. The number of amides is 1. The van der Waals surface area contributed by atoms with Crippen molar-refractivity contribution in [2.24, 2.45) is 0 Å². The van der Waals surface area contributed by atoms with Gasteiger partial charge >= 0.3 is 0 Å². The molecule has 1 saturated heterocycles. The highest BCUT2D eigenvalue weighted by Gasteiger charge is 2.18. The number of rotatable bonds is 6. The van der Waals surface area contributed by atoms with Crippen LogP contribution in [0.4, 0.5) is 5.82 Å². The van der Waals surface area contributed by atoms with E-state index in [4.69, 9.17) is 4.74 Å². The van der Waals surface area contributed by atoms with Crippen LogP contribution >= 0.6 is 11.8 Å². The average molecular weight is 372 g/mol. The maximum absolute atomic E-state index is 12.3. The minimum atomic E-state index is -0.175. The lowest BCUT2D eigenvalue weighted by Crippen LogP contribution is -2.39. The molecule has 2 aromatic rings. The number of carbonyl (C=O) groups is 1. The molecule has 6 nitrogen and oxygen atoms in total. The summed E-state index contributed by atoms with van der Waals surface area (Å²) in [7, 11) is 1.97. The second-order valence-electron chi connectivity index (χ2n) is 6.34. The molecule has 7 heteroatoms. The minimum absolute atomic E-state index is 0.157. The van der Waals surface area contributed by atoms with Crippen LogP contribution in [0, 0.1) is 0 Å². The van der Waals surface area contributed by atoms with E-state index in [0.717, 1.165) is 25.2 Å². The van der Waals surface area contributed by atoms with Gasteiger partial charge in [0.25, 0.3) is 5.91 Å². The standard InChI is InChI=1S/C19H24N4O2S/c1-23(13-14-3-5-16(26-2)6-4-14)18-8-7-17(21-22-18)19(24)20-15-9-11-25-12-10-15/h3-8,15H,9-13H2,1-2H3,(H,20,24). The lowest BCUT2D eigenvalue weighted by atomic mass is 10.1. The smallest absolute Gasteiger partial charge is 0.272 e. The monoisotopic (exact) mass is 372 g/mol. The van der Waals surface area contributed by atoms with E-state index in [9.17, 15) is 4.79 Å². The maximum Gasteiger partial charge on any atom is 0.272 e. The summed E-state index contributed by atoms with van der Waals surface area (Å²) in [5, 5.41) is 11.3. The van der Waals surface area contributed by atoms with Crippen LogP contribution in [-0.2, 0) is 11.3 Å². The van der Waals surface area contributed by atoms with Crippen molar-refractivity contribution >= 4 is 23.5 Å². The number of hydrogen-bond donors (Lipinski definition) is 1. The molecular weight excluding hydrogens is 348 g/mol. The third-order valence-electron chi connectivity index (χ3n) is 4.41. The summed E-state index contributed by atoms with van der Waals surface area (Å²) >= 11 is 1.73. The van der Waals surface area contributed by atoms with Crippen LogP contribution in [0.3, 0.4) is 0 Å². The van der Waals surface area contributed by atoms with Crippen LogP contribution in [0.5, 0.6) is 0 Å². The number of carbonyl (C=O) groups excluding carboxylic acids is 1. The normalized spacial score (nSPS) is 14.8. The number of nitrogens with zero attached hydrogens (tertiary/aromatic N) is 3. The van der Waals surface area contributed by atoms with Crippen molar-refractivity contribution in [3.63, 3.8) is 0 Å². The first kappa shape index (κ1) is 18.7. The molecule has 0 radical (unpaired) electrons. The zero-order valence-electron chi connectivity index (χ0n) is 15.1. The molecule has 1 fully saturated rings. The maximum atomic E-state index is 12.3. The van der Waals surface area contributed by atoms with E-state index in [1.807, 2.05) is 18.0 Å². The van der Waals surface area contributed by atoms with Gasteiger partial charge in [-0.05, 0) is 48.9 Å².